The molecule has 0 radical (unpaired) electrons. The number of rotatable bonds is 4. The van der Waals surface area contributed by atoms with E-state index in [2.05, 4.69) is 0 Å². The van der Waals surface area contributed by atoms with Crippen LogP contribution in [0.4, 0.5) is 0 Å². The summed E-state index contributed by atoms with van der Waals surface area (Å²) in [5, 5.41) is 0. The summed E-state index contributed by atoms with van der Waals surface area (Å²) in [6.07, 6.45) is 1.44. The third-order valence-corrected chi connectivity index (χ3v) is 2.77. The van der Waals surface area contributed by atoms with Crippen molar-refractivity contribution in [2.75, 3.05) is 7.11 Å². The number of hydrogen-bond acceptors (Lipinski definition) is 2. The first-order valence-electron chi connectivity index (χ1n) is 5.91. The van der Waals surface area contributed by atoms with Crippen LogP contribution < -0.4 is 10.5 Å². The largest absolute Gasteiger partial charge is 0.497 e. The molecule has 0 aliphatic carbocycles. The van der Waals surface area contributed by atoms with Gasteiger partial charge in [-0.3, -0.25) is 4.79 Å². The first-order chi connectivity index (χ1) is 9.20. The van der Waals surface area contributed by atoms with Crippen molar-refractivity contribution in [1.29, 1.82) is 0 Å². The lowest BCUT2D eigenvalue weighted by atomic mass is 9.97. The van der Waals surface area contributed by atoms with Gasteiger partial charge in [0.05, 0.1) is 7.11 Å². The van der Waals surface area contributed by atoms with E-state index in [1.165, 1.54) is 6.08 Å². The zero-order chi connectivity index (χ0) is 13.7. The SMILES string of the molecule is COc1ccc(/C(=C\C(N)=O)c2ccccc2)cc1. The molecule has 0 fully saturated rings. The summed E-state index contributed by atoms with van der Waals surface area (Å²) >= 11 is 0. The molecule has 0 aliphatic heterocycles. The second kappa shape index (κ2) is 5.87. The van der Waals surface area contributed by atoms with Crippen molar-refractivity contribution in [3.63, 3.8) is 0 Å². The molecule has 0 unspecified atom stereocenters. The predicted octanol–water partition coefficient (Wildman–Crippen LogP) is 2.61. The van der Waals surface area contributed by atoms with Crippen LogP contribution in [0.15, 0.2) is 60.7 Å². The van der Waals surface area contributed by atoms with Crippen LogP contribution >= 0.6 is 0 Å². The minimum absolute atomic E-state index is 0.463. The quantitative estimate of drug-likeness (QED) is 0.851. The third kappa shape index (κ3) is 3.22. The van der Waals surface area contributed by atoms with Crippen LogP contribution in [0.3, 0.4) is 0 Å². The highest BCUT2D eigenvalue weighted by molar-refractivity contribution is 5.98. The van der Waals surface area contributed by atoms with Gasteiger partial charge in [-0.2, -0.15) is 0 Å². The molecule has 19 heavy (non-hydrogen) atoms. The zero-order valence-corrected chi connectivity index (χ0v) is 10.7. The molecule has 0 saturated heterocycles. The van der Waals surface area contributed by atoms with E-state index in [0.29, 0.717) is 0 Å². The number of nitrogens with two attached hydrogens (primary N) is 1. The van der Waals surface area contributed by atoms with E-state index in [1.54, 1.807) is 7.11 Å². The lowest BCUT2D eigenvalue weighted by Gasteiger charge is -2.08. The Morgan fingerprint density at radius 1 is 1.00 bits per heavy atom. The van der Waals surface area contributed by atoms with Crippen LogP contribution in [0, 0.1) is 0 Å². The number of ether oxygens (including phenoxy) is 1. The van der Waals surface area contributed by atoms with Crippen LogP contribution in [-0.2, 0) is 4.79 Å². The molecule has 2 rings (SSSR count). The van der Waals surface area contributed by atoms with Gasteiger partial charge in [0.1, 0.15) is 5.75 Å². The summed E-state index contributed by atoms with van der Waals surface area (Å²) in [5.41, 5.74) is 7.96. The van der Waals surface area contributed by atoms with E-state index < -0.39 is 5.91 Å². The van der Waals surface area contributed by atoms with E-state index in [0.717, 1.165) is 22.4 Å². The zero-order valence-electron chi connectivity index (χ0n) is 10.7. The molecule has 0 heterocycles. The molecule has 2 aromatic carbocycles. The number of hydrogen-bond donors (Lipinski definition) is 1. The fourth-order valence-corrected chi connectivity index (χ4v) is 1.86. The van der Waals surface area contributed by atoms with E-state index >= 15 is 0 Å². The Bertz CT molecular complexity index is 586. The predicted molar refractivity (Wildman–Crippen MR) is 75.7 cm³/mol. The van der Waals surface area contributed by atoms with Crippen molar-refractivity contribution in [1.82, 2.24) is 0 Å². The molecule has 0 atom stereocenters. The summed E-state index contributed by atoms with van der Waals surface area (Å²) in [5.74, 6) is 0.310. The van der Waals surface area contributed by atoms with Crippen LogP contribution in [0.2, 0.25) is 0 Å². The van der Waals surface area contributed by atoms with E-state index in [4.69, 9.17) is 10.5 Å². The molecule has 3 heteroatoms. The van der Waals surface area contributed by atoms with Gasteiger partial charge in [-0.15, -0.1) is 0 Å². The molecule has 1 amide bonds. The highest BCUT2D eigenvalue weighted by Gasteiger charge is 2.06. The minimum Gasteiger partial charge on any atom is -0.497 e. The molecule has 0 bridgehead atoms. The van der Waals surface area contributed by atoms with Gasteiger partial charge in [0.15, 0.2) is 0 Å². The Labute approximate surface area is 112 Å². The molecule has 96 valence electrons. The van der Waals surface area contributed by atoms with Gasteiger partial charge < -0.3 is 10.5 Å². The van der Waals surface area contributed by atoms with Crippen molar-refractivity contribution in [3.8, 4) is 5.75 Å². The first-order valence-corrected chi connectivity index (χ1v) is 5.91. The number of carbonyl (C=O) groups excluding carboxylic acids is 1. The summed E-state index contributed by atoms with van der Waals surface area (Å²) < 4.78 is 5.12. The van der Waals surface area contributed by atoms with E-state index in [-0.39, 0.29) is 0 Å². The van der Waals surface area contributed by atoms with Gasteiger partial charge in [-0.05, 0) is 28.8 Å². The topological polar surface area (TPSA) is 52.3 Å². The Hall–Kier alpha value is -2.55. The van der Waals surface area contributed by atoms with E-state index in [1.807, 2.05) is 54.6 Å². The highest BCUT2D eigenvalue weighted by Crippen LogP contribution is 2.24. The van der Waals surface area contributed by atoms with E-state index in [9.17, 15) is 4.79 Å². The van der Waals surface area contributed by atoms with Gasteiger partial charge >= 0.3 is 0 Å². The van der Waals surface area contributed by atoms with Gasteiger partial charge in [0, 0.05) is 6.08 Å². The second-order valence-electron chi connectivity index (χ2n) is 4.05. The first kappa shape index (κ1) is 12.9. The number of methoxy groups -OCH3 is 1. The summed E-state index contributed by atoms with van der Waals surface area (Å²) in [4.78, 5) is 11.2. The lowest BCUT2D eigenvalue weighted by Crippen LogP contribution is -2.07. The smallest absolute Gasteiger partial charge is 0.242 e. The van der Waals surface area contributed by atoms with Crippen LogP contribution in [0.25, 0.3) is 5.57 Å². The molecule has 0 aliphatic rings. The average Bonchev–Trinajstić information content (AvgIpc) is 2.46. The fraction of sp³-hybridized carbons (Fsp3) is 0.0625. The Kier molecular flexibility index (Phi) is 3.98. The molecule has 2 N–H and O–H groups in total. The van der Waals surface area contributed by atoms with Gasteiger partial charge in [0.2, 0.25) is 5.91 Å². The van der Waals surface area contributed by atoms with Gasteiger partial charge in [-0.1, -0.05) is 42.5 Å². The second-order valence-corrected chi connectivity index (χ2v) is 4.05. The Morgan fingerprint density at radius 2 is 1.58 bits per heavy atom. The maximum atomic E-state index is 11.2. The molecular weight excluding hydrogens is 238 g/mol. The Morgan fingerprint density at radius 3 is 2.11 bits per heavy atom. The number of benzene rings is 2. The fourth-order valence-electron chi connectivity index (χ4n) is 1.86. The molecule has 0 spiro atoms. The number of amides is 1. The normalized spacial score (nSPS) is 11.1. The standard InChI is InChI=1S/C16H15NO2/c1-19-14-9-7-13(8-10-14)15(11-16(17)18)12-5-3-2-4-6-12/h2-11H,1H3,(H2,17,18)/b15-11-. The maximum Gasteiger partial charge on any atom is 0.242 e. The number of primary amides is 1. The third-order valence-electron chi connectivity index (χ3n) is 2.77. The van der Waals surface area contributed by atoms with Crippen LogP contribution in [0.1, 0.15) is 11.1 Å². The van der Waals surface area contributed by atoms with Gasteiger partial charge in [0.25, 0.3) is 0 Å². The summed E-state index contributed by atoms with van der Waals surface area (Å²) in [6.45, 7) is 0. The van der Waals surface area contributed by atoms with Crippen molar-refractivity contribution in [3.05, 3.63) is 71.8 Å². The molecule has 0 saturated carbocycles. The molecular formula is C16H15NO2. The average molecular weight is 253 g/mol. The van der Waals surface area contributed by atoms with Crippen molar-refractivity contribution >= 4 is 11.5 Å². The summed E-state index contributed by atoms with van der Waals surface area (Å²) in [6, 6.07) is 17.2. The lowest BCUT2D eigenvalue weighted by molar-refractivity contribution is -0.113. The maximum absolute atomic E-state index is 11.2. The molecule has 3 nitrogen and oxygen atoms in total. The minimum atomic E-state index is -0.463. The molecule has 2 aromatic rings. The monoisotopic (exact) mass is 253 g/mol. The van der Waals surface area contributed by atoms with Crippen molar-refractivity contribution in [2.24, 2.45) is 5.73 Å². The van der Waals surface area contributed by atoms with Crippen molar-refractivity contribution in [2.45, 2.75) is 0 Å². The number of carbonyl (C=O) groups is 1. The summed E-state index contributed by atoms with van der Waals surface area (Å²) in [7, 11) is 1.62. The van der Waals surface area contributed by atoms with Crippen LogP contribution in [0.5, 0.6) is 5.75 Å². The van der Waals surface area contributed by atoms with Gasteiger partial charge in [-0.25, -0.2) is 0 Å². The van der Waals surface area contributed by atoms with Crippen molar-refractivity contribution < 1.29 is 9.53 Å². The highest BCUT2D eigenvalue weighted by atomic mass is 16.5. The molecule has 0 aromatic heterocycles. The van der Waals surface area contributed by atoms with Crippen LogP contribution in [-0.4, -0.2) is 13.0 Å². The Balaban J connectivity index is 2.46.